The van der Waals surface area contributed by atoms with Crippen LogP contribution < -0.4 is 5.32 Å². The molecule has 1 unspecified atom stereocenters. The Kier molecular flexibility index (Phi) is 5.80. The van der Waals surface area contributed by atoms with E-state index in [1.165, 1.54) is 0 Å². The lowest BCUT2D eigenvalue weighted by atomic mass is 9.92. The predicted molar refractivity (Wildman–Crippen MR) is 86.5 cm³/mol. The van der Waals surface area contributed by atoms with E-state index in [1.807, 2.05) is 4.90 Å². The topological polar surface area (TPSA) is 52.7 Å². The number of rotatable bonds is 1. The van der Waals surface area contributed by atoms with Crippen LogP contribution in [-0.2, 0) is 9.59 Å². The summed E-state index contributed by atoms with van der Waals surface area (Å²) in [5, 5.41) is 3.45. The number of likely N-dealkylation sites (tertiary alicyclic amines) is 1. The summed E-state index contributed by atoms with van der Waals surface area (Å²) in [5.74, 6) is 3.06. The van der Waals surface area contributed by atoms with Gasteiger partial charge in [-0.25, -0.2) is 0 Å². The summed E-state index contributed by atoms with van der Waals surface area (Å²) in [6.45, 7) is 5.48. The van der Waals surface area contributed by atoms with E-state index in [0.29, 0.717) is 5.88 Å². The molecule has 5 nitrogen and oxygen atoms in total. The van der Waals surface area contributed by atoms with E-state index in [-0.39, 0.29) is 30.3 Å². The van der Waals surface area contributed by atoms with E-state index in [9.17, 15) is 9.59 Å². The van der Waals surface area contributed by atoms with Gasteiger partial charge in [0.25, 0.3) is 0 Å². The molecule has 1 N–H and O–H groups in total. The summed E-state index contributed by atoms with van der Waals surface area (Å²) in [6, 6.07) is -0.228. The first-order chi connectivity index (χ1) is 9.66. The van der Waals surface area contributed by atoms with Gasteiger partial charge in [-0.05, 0) is 37.8 Å². The van der Waals surface area contributed by atoms with Gasteiger partial charge in [0.2, 0.25) is 11.8 Å². The van der Waals surface area contributed by atoms with Crippen molar-refractivity contribution in [2.75, 3.05) is 37.8 Å². The highest BCUT2D eigenvalue weighted by Crippen LogP contribution is 2.29. The first-order valence-corrected chi connectivity index (χ1v) is 8.66. The Morgan fingerprint density at radius 2 is 1.76 bits per heavy atom. The van der Waals surface area contributed by atoms with Crippen molar-refractivity contribution in [1.82, 2.24) is 15.1 Å². The fourth-order valence-electron chi connectivity index (χ4n) is 3.61. The lowest BCUT2D eigenvalue weighted by Gasteiger charge is -2.28. The van der Waals surface area contributed by atoms with E-state index >= 15 is 0 Å². The smallest absolute Gasteiger partial charge is 0.246 e. The number of fused-ring (bicyclic) bond motifs is 1. The SMILES string of the molecule is CC(=O)N1CSCC1C(=O)N1CC[C@@H]2CNC[C@@H]2CC1.Cl. The molecule has 3 saturated heterocycles. The zero-order chi connectivity index (χ0) is 14.1. The Balaban J connectivity index is 0.00000161. The Bertz CT molecular complexity index is 396. The maximum absolute atomic E-state index is 12.7. The quantitative estimate of drug-likeness (QED) is 0.771. The molecule has 3 aliphatic rings. The van der Waals surface area contributed by atoms with Gasteiger partial charge in [-0.15, -0.1) is 24.2 Å². The number of carbonyl (C=O) groups excluding carboxylic acids is 2. The van der Waals surface area contributed by atoms with Crippen molar-refractivity contribution >= 4 is 36.0 Å². The van der Waals surface area contributed by atoms with Crippen LogP contribution in [0, 0.1) is 11.8 Å². The number of hydrogen-bond acceptors (Lipinski definition) is 4. The van der Waals surface area contributed by atoms with Gasteiger partial charge < -0.3 is 15.1 Å². The van der Waals surface area contributed by atoms with Gasteiger partial charge in [0, 0.05) is 25.8 Å². The molecule has 3 heterocycles. The number of carbonyl (C=O) groups is 2. The normalized spacial score (nSPS) is 32.3. The second-order valence-electron chi connectivity index (χ2n) is 6.09. The molecule has 3 rings (SSSR count). The van der Waals surface area contributed by atoms with E-state index in [0.717, 1.165) is 56.6 Å². The molecule has 120 valence electrons. The number of halogens is 1. The van der Waals surface area contributed by atoms with Gasteiger partial charge in [-0.1, -0.05) is 0 Å². The van der Waals surface area contributed by atoms with Crippen molar-refractivity contribution in [2.45, 2.75) is 25.8 Å². The molecular weight excluding hydrogens is 310 g/mol. The molecule has 21 heavy (non-hydrogen) atoms. The van der Waals surface area contributed by atoms with Gasteiger partial charge in [-0.3, -0.25) is 9.59 Å². The van der Waals surface area contributed by atoms with E-state index < -0.39 is 0 Å². The molecule has 0 aromatic heterocycles. The molecule has 0 aromatic carbocycles. The summed E-state index contributed by atoms with van der Waals surface area (Å²) >= 11 is 1.68. The second kappa shape index (κ2) is 7.20. The molecule has 0 spiro atoms. The van der Waals surface area contributed by atoms with E-state index in [1.54, 1.807) is 23.6 Å². The molecule has 0 aromatic rings. The molecule has 0 bridgehead atoms. The van der Waals surface area contributed by atoms with Crippen LogP contribution in [0.2, 0.25) is 0 Å². The molecule has 3 atom stereocenters. The molecule has 0 radical (unpaired) electrons. The van der Waals surface area contributed by atoms with Gasteiger partial charge in [-0.2, -0.15) is 0 Å². The zero-order valence-corrected chi connectivity index (χ0v) is 14.0. The Hall–Kier alpha value is -0.460. The summed E-state index contributed by atoms with van der Waals surface area (Å²) < 4.78 is 0. The highest BCUT2D eigenvalue weighted by atomic mass is 35.5. The largest absolute Gasteiger partial charge is 0.341 e. The van der Waals surface area contributed by atoms with Crippen molar-refractivity contribution in [1.29, 1.82) is 0 Å². The Labute approximate surface area is 136 Å². The first-order valence-electron chi connectivity index (χ1n) is 7.51. The minimum absolute atomic E-state index is 0. The Morgan fingerprint density at radius 1 is 1.14 bits per heavy atom. The van der Waals surface area contributed by atoms with E-state index in [4.69, 9.17) is 0 Å². The van der Waals surface area contributed by atoms with Crippen LogP contribution in [0.3, 0.4) is 0 Å². The predicted octanol–water partition coefficient (Wildman–Crippen LogP) is 0.788. The number of amides is 2. The molecule has 0 saturated carbocycles. The van der Waals surface area contributed by atoms with Gasteiger partial charge in [0.1, 0.15) is 6.04 Å². The molecule has 3 fully saturated rings. The van der Waals surface area contributed by atoms with Crippen LogP contribution in [-0.4, -0.2) is 65.5 Å². The monoisotopic (exact) mass is 333 g/mol. The van der Waals surface area contributed by atoms with Gasteiger partial charge >= 0.3 is 0 Å². The van der Waals surface area contributed by atoms with Crippen LogP contribution in [0.4, 0.5) is 0 Å². The highest BCUT2D eigenvalue weighted by molar-refractivity contribution is 7.99. The van der Waals surface area contributed by atoms with E-state index in [2.05, 4.69) is 5.32 Å². The van der Waals surface area contributed by atoms with Crippen molar-refractivity contribution in [3.63, 3.8) is 0 Å². The van der Waals surface area contributed by atoms with Crippen molar-refractivity contribution in [2.24, 2.45) is 11.8 Å². The summed E-state index contributed by atoms with van der Waals surface area (Å²) in [5.41, 5.74) is 0. The Morgan fingerprint density at radius 3 is 2.33 bits per heavy atom. The van der Waals surface area contributed by atoms with Crippen LogP contribution in [0.1, 0.15) is 19.8 Å². The third-order valence-electron chi connectivity index (χ3n) is 4.90. The minimum atomic E-state index is -0.228. The van der Waals surface area contributed by atoms with Crippen LogP contribution in [0.5, 0.6) is 0 Å². The van der Waals surface area contributed by atoms with Crippen LogP contribution >= 0.6 is 24.2 Å². The molecule has 3 aliphatic heterocycles. The molecular formula is C14H24ClN3O2S. The average Bonchev–Trinajstić information content (AvgIpc) is 3.04. The number of thioether (sulfide) groups is 1. The number of nitrogens with one attached hydrogen (secondary N) is 1. The van der Waals surface area contributed by atoms with Crippen molar-refractivity contribution in [3.05, 3.63) is 0 Å². The fraction of sp³-hybridized carbons (Fsp3) is 0.857. The standard InChI is InChI=1S/C14H23N3O2S.ClH/c1-10(18)17-9-20-8-13(17)14(19)16-4-2-11-6-15-7-12(11)3-5-16;/h11-13,15H,2-9H2,1H3;1H/t11-,12+,13?;. The van der Waals surface area contributed by atoms with Crippen LogP contribution in [0.15, 0.2) is 0 Å². The summed E-state index contributed by atoms with van der Waals surface area (Å²) in [7, 11) is 0. The lowest BCUT2D eigenvalue weighted by molar-refractivity contribution is -0.142. The zero-order valence-electron chi connectivity index (χ0n) is 12.4. The number of nitrogens with zero attached hydrogens (tertiary/aromatic N) is 2. The first kappa shape index (κ1) is 16.9. The summed E-state index contributed by atoms with van der Waals surface area (Å²) in [4.78, 5) is 28.0. The molecule has 2 amide bonds. The van der Waals surface area contributed by atoms with Gasteiger partial charge in [0.15, 0.2) is 0 Å². The average molecular weight is 334 g/mol. The van der Waals surface area contributed by atoms with Crippen LogP contribution in [0.25, 0.3) is 0 Å². The number of hydrogen-bond donors (Lipinski definition) is 1. The van der Waals surface area contributed by atoms with Crippen molar-refractivity contribution < 1.29 is 9.59 Å². The third-order valence-corrected chi connectivity index (χ3v) is 5.92. The fourth-order valence-corrected chi connectivity index (χ4v) is 4.82. The molecule has 7 heteroatoms. The highest BCUT2D eigenvalue weighted by Gasteiger charge is 2.38. The van der Waals surface area contributed by atoms with Crippen molar-refractivity contribution in [3.8, 4) is 0 Å². The third kappa shape index (κ3) is 3.48. The maximum atomic E-state index is 12.7. The lowest BCUT2D eigenvalue weighted by Crippen LogP contribution is -2.48. The maximum Gasteiger partial charge on any atom is 0.246 e. The summed E-state index contributed by atoms with van der Waals surface area (Å²) in [6.07, 6.45) is 2.20. The molecule has 0 aliphatic carbocycles. The van der Waals surface area contributed by atoms with Gasteiger partial charge in [0.05, 0.1) is 5.88 Å². The second-order valence-corrected chi connectivity index (χ2v) is 7.09. The minimum Gasteiger partial charge on any atom is -0.341 e.